The zero-order chi connectivity index (χ0) is 14.9. The first-order valence-electron chi connectivity index (χ1n) is 6.64. The number of carbonyl (C=O) groups is 3. The van der Waals surface area contributed by atoms with E-state index in [4.69, 9.17) is 4.74 Å². The number of benzene rings is 1. The van der Waals surface area contributed by atoms with Crippen LogP contribution in [0, 0.1) is 0 Å². The third-order valence-corrected chi connectivity index (χ3v) is 3.38. The first kappa shape index (κ1) is 14.2. The van der Waals surface area contributed by atoms with Crippen LogP contribution in [0.4, 0.5) is 5.69 Å². The number of ketones is 1. The fraction of sp³-hybridized carbons (Fsp3) is 0.400. The molecule has 0 radical (unpaired) electrons. The number of carbonyl (C=O) groups excluding carboxylic acids is 3. The summed E-state index contributed by atoms with van der Waals surface area (Å²) in [6.45, 7) is 5.59. The number of likely N-dealkylation sites (N-methyl/N-ethyl adjacent to an activating group) is 1. The van der Waals surface area contributed by atoms with E-state index in [1.165, 1.54) is 11.8 Å². The van der Waals surface area contributed by atoms with Gasteiger partial charge in [0.1, 0.15) is 0 Å². The largest absolute Gasteiger partial charge is 0.465 e. The summed E-state index contributed by atoms with van der Waals surface area (Å²) in [5.41, 5.74) is 1.57. The molecule has 1 heterocycles. The molecule has 5 nitrogen and oxygen atoms in total. The van der Waals surface area contributed by atoms with E-state index in [-0.39, 0.29) is 18.3 Å². The number of fused-ring (bicyclic) bond motifs is 1. The van der Waals surface area contributed by atoms with Crippen molar-refractivity contribution in [3.05, 3.63) is 29.3 Å². The van der Waals surface area contributed by atoms with Crippen LogP contribution in [0.3, 0.4) is 0 Å². The van der Waals surface area contributed by atoms with Gasteiger partial charge in [0.25, 0.3) is 0 Å². The molecule has 1 aromatic carbocycles. The van der Waals surface area contributed by atoms with Gasteiger partial charge in [0, 0.05) is 17.7 Å². The van der Waals surface area contributed by atoms with E-state index in [1.807, 2.05) is 6.92 Å². The van der Waals surface area contributed by atoms with Crippen LogP contribution in [0.25, 0.3) is 0 Å². The third-order valence-electron chi connectivity index (χ3n) is 3.38. The molecule has 0 spiro atoms. The number of nitrogens with zero attached hydrogens (tertiary/aromatic N) is 1. The van der Waals surface area contributed by atoms with E-state index < -0.39 is 11.9 Å². The molecule has 5 heteroatoms. The lowest BCUT2D eigenvalue weighted by atomic mass is 9.97. The average Bonchev–Trinajstić information content (AvgIpc) is 2.69. The minimum absolute atomic E-state index is 0.127. The van der Waals surface area contributed by atoms with Crippen molar-refractivity contribution in [1.29, 1.82) is 0 Å². The maximum atomic E-state index is 12.4. The van der Waals surface area contributed by atoms with Gasteiger partial charge in [-0.25, -0.2) is 0 Å². The highest BCUT2D eigenvalue weighted by Gasteiger charge is 2.43. The van der Waals surface area contributed by atoms with Crippen molar-refractivity contribution in [2.24, 2.45) is 0 Å². The predicted octanol–water partition coefficient (Wildman–Crippen LogP) is 1.90. The van der Waals surface area contributed by atoms with Crippen molar-refractivity contribution in [2.75, 3.05) is 18.1 Å². The summed E-state index contributed by atoms with van der Waals surface area (Å²) >= 11 is 0. The Morgan fingerprint density at radius 3 is 2.55 bits per heavy atom. The standard InChI is InChI=1S/C15H17NO4/c1-4-16-13-10(9(3)17)7-6-8-11(13)12(14(16)18)15(19)20-5-2/h6-8,12H,4-5H2,1-3H3. The van der Waals surface area contributed by atoms with Crippen molar-refractivity contribution in [3.63, 3.8) is 0 Å². The minimum Gasteiger partial charge on any atom is -0.465 e. The average molecular weight is 275 g/mol. The number of para-hydroxylation sites is 1. The number of ether oxygens (including phenoxy) is 1. The molecule has 1 aromatic rings. The molecule has 1 amide bonds. The fourth-order valence-corrected chi connectivity index (χ4v) is 2.55. The van der Waals surface area contributed by atoms with Crippen molar-refractivity contribution in [1.82, 2.24) is 0 Å². The monoisotopic (exact) mass is 275 g/mol. The molecule has 0 saturated carbocycles. The van der Waals surface area contributed by atoms with Gasteiger partial charge in [0.15, 0.2) is 11.7 Å². The molecule has 1 aliphatic heterocycles. The second kappa shape index (κ2) is 5.45. The molecule has 0 N–H and O–H groups in total. The van der Waals surface area contributed by atoms with Gasteiger partial charge in [-0.15, -0.1) is 0 Å². The lowest BCUT2D eigenvalue weighted by Crippen LogP contribution is -2.32. The van der Waals surface area contributed by atoms with Gasteiger partial charge < -0.3 is 9.64 Å². The molecular weight excluding hydrogens is 258 g/mol. The van der Waals surface area contributed by atoms with E-state index in [2.05, 4.69) is 0 Å². The first-order valence-corrected chi connectivity index (χ1v) is 6.64. The number of amides is 1. The van der Waals surface area contributed by atoms with Crippen LogP contribution in [-0.2, 0) is 14.3 Å². The predicted molar refractivity (Wildman–Crippen MR) is 73.8 cm³/mol. The van der Waals surface area contributed by atoms with E-state index in [1.54, 1.807) is 25.1 Å². The van der Waals surface area contributed by atoms with Gasteiger partial charge in [-0.05, 0) is 26.8 Å². The first-order chi connectivity index (χ1) is 9.52. The van der Waals surface area contributed by atoms with Crippen molar-refractivity contribution >= 4 is 23.3 Å². The van der Waals surface area contributed by atoms with Gasteiger partial charge in [-0.1, -0.05) is 12.1 Å². The summed E-state index contributed by atoms with van der Waals surface area (Å²) in [6.07, 6.45) is 0. The maximum absolute atomic E-state index is 12.4. The van der Waals surface area contributed by atoms with Crippen molar-refractivity contribution in [3.8, 4) is 0 Å². The van der Waals surface area contributed by atoms with Crippen LogP contribution >= 0.6 is 0 Å². The summed E-state index contributed by atoms with van der Waals surface area (Å²) < 4.78 is 4.97. The second-order valence-electron chi connectivity index (χ2n) is 4.57. The Labute approximate surface area is 117 Å². The van der Waals surface area contributed by atoms with Gasteiger partial charge in [-0.2, -0.15) is 0 Å². The zero-order valence-corrected chi connectivity index (χ0v) is 11.8. The Morgan fingerprint density at radius 1 is 1.30 bits per heavy atom. The summed E-state index contributed by atoms with van der Waals surface area (Å²) in [4.78, 5) is 37.6. The molecule has 0 fully saturated rings. The molecule has 1 aliphatic rings. The minimum atomic E-state index is -0.954. The quantitative estimate of drug-likeness (QED) is 0.478. The SMILES string of the molecule is CCOC(=O)C1C(=O)N(CC)c2c(C(C)=O)cccc21. The number of anilines is 1. The number of rotatable bonds is 4. The topological polar surface area (TPSA) is 63.7 Å². The highest BCUT2D eigenvalue weighted by atomic mass is 16.5. The summed E-state index contributed by atoms with van der Waals surface area (Å²) in [5, 5.41) is 0. The van der Waals surface area contributed by atoms with E-state index >= 15 is 0 Å². The second-order valence-corrected chi connectivity index (χ2v) is 4.57. The van der Waals surface area contributed by atoms with Crippen LogP contribution in [-0.4, -0.2) is 30.8 Å². The lowest BCUT2D eigenvalue weighted by molar-refractivity contribution is -0.147. The van der Waals surface area contributed by atoms with Crippen LogP contribution in [0.2, 0.25) is 0 Å². The molecule has 0 saturated heterocycles. The molecule has 1 atom stereocenters. The third kappa shape index (κ3) is 2.09. The van der Waals surface area contributed by atoms with Gasteiger partial charge in [0.05, 0.1) is 12.3 Å². The molecule has 2 rings (SSSR count). The van der Waals surface area contributed by atoms with Crippen molar-refractivity contribution in [2.45, 2.75) is 26.7 Å². The fourth-order valence-electron chi connectivity index (χ4n) is 2.55. The highest BCUT2D eigenvalue weighted by Crippen LogP contribution is 2.40. The van der Waals surface area contributed by atoms with Crippen LogP contribution in [0.15, 0.2) is 18.2 Å². The molecule has 0 aromatic heterocycles. The van der Waals surface area contributed by atoms with E-state index in [9.17, 15) is 14.4 Å². The molecule has 0 aliphatic carbocycles. The Balaban J connectivity index is 2.59. The van der Waals surface area contributed by atoms with Crippen LogP contribution in [0.5, 0.6) is 0 Å². The van der Waals surface area contributed by atoms with Crippen LogP contribution < -0.4 is 4.90 Å². The highest BCUT2D eigenvalue weighted by molar-refractivity contribution is 6.19. The smallest absolute Gasteiger partial charge is 0.323 e. The Hall–Kier alpha value is -2.17. The van der Waals surface area contributed by atoms with E-state index in [0.717, 1.165) is 0 Å². The Morgan fingerprint density at radius 2 is 2.00 bits per heavy atom. The Kier molecular flexibility index (Phi) is 3.88. The summed E-state index contributed by atoms with van der Waals surface area (Å²) in [6, 6.07) is 5.07. The zero-order valence-electron chi connectivity index (χ0n) is 11.8. The normalized spacial score (nSPS) is 17.1. The van der Waals surface area contributed by atoms with Gasteiger partial charge in [-0.3, -0.25) is 14.4 Å². The van der Waals surface area contributed by atoms with E-state index in [0.29, 0.717) is 23.4 Å². The summed E-state index contributed by atoms with van der Waals surface area (Å²) in [5.74, 6) is -1.97. The molecule has 0 bridgehead atoms. The Bertz CT molecular complexity index is 579. The van der Waals surface area contributed by atoms with Crippen LogP contribution in [0.1, 0.15) is 42.6 Å². The molecule has 20 heavy (non-hydrogen) atoms. The van der Waals surface area contributed by atoms with Gasteiger partial charge >= 0.3 is 5.97 Å². The van der Waals surface area contributed by atoms with Gasteiger partial charge in [0.2, 0.25) is 5.91 Å². The number of hydrogen-bond acceptors (Lipinski definition) is 4. The lowest BCUT2D eigenvalue weighted by Gasteiger charge is -2.17. The maximum Gasteiger partial charge on any atom is 0.323 e. The molecule has 1 unspecified atom stereocenters. The summed E-state index contributed by atoms with van der Waals surface area (Å²) in [7, 11) is 0. The molecular formula is C15H17NO4. The number of Topliss-reactive ketones (excluding diaryl/α,β-unsaturated/α-hetero) is 1. The molecule has 106 valence electrons. The van der Waals surface area contributed by atoms with Crippen molar-refractivity contribution < 1.29 is 19.1 Å². The number of hydrogen-bond donors (Lipinski definition) is 0. The number of esters is 1.